The van der Waals surface area contributed by atoms with Gasteiger partial charge in [0, 0.05) is 49.4 Å². The van der Waals surface area contributed by atoms with Crippen LogP contribution in [-0.2, 0) is 23.2 Å². The third-order valence-corrected chi connectivity index (χ3v) is 6.25. The average molecular weight is 409 g/mol. The van der Waals surface area contributed by atoms with Gasteiger partial charge < -0.3 is 15.0 Å². The van der Waals surface area contributed by atoms with Crippen LogP contribution in [0.1, 0.15) is 31.7 Å². The zero-order chi connectivity index (χ0) is 20.9. The number of nitrogens with one attached hydrogen (secondary N) is 1. The van der Waals surface area contributed by atoms with Gasteiger partial charge in [0.2, 0.25) is 5.91 Å². The number of hydrogen-bond donors (Lipinski definition) is 1. The molecule has 1 saturated carbocycles. The van der Waals surface area contributed by atoms with Crippen molar-refractivity contribution in [3.8, 4) is 11.3 Å². The van der Waals surface area contributed by atoms with Gasteiger partial charge in [-0.1, -0.05) is 6.92 Å². The molecule has 4 heterocycles. The van der Waals surface area contributed by atoms with Crippen LogP contribution < -0.4 is 5.32 Å². The number of aryl methyl sites for hydroxylation is 1. The lowest BCUT2D eigenvalue weighted by molar-refractivity contribution is -0.145. The SMILES string of the molecule is CCC1(OCc2cnn(C)c2-c2ccn3nc(NC(=O)C4CC4)cc3c2)CN(C)C1. The van der Waals surface area contributed by atoms with Crippen molar-refractivity contribution < 1.29 is 9.53 Å². The van der Waals surface area contributed by atoms with Crippen molar-refractivity contribution in [2.75, 3.05) is 25.5 Å². The molecule has 1 aliphatic carbocycles. The van der Waals surface area contributed by atoms with E-state index in [1.165, 1.54) is 0 Å². The lowest BCUT2D eigenvalue weighted by Gasteiger charge is -2.47. The topological polar surface area (TPSA) is 76.7 Å². The molecule has 8 nitrogen and oxygen atoms in total. The molecular formula is C22H28N6O2. The molecule has 3 aromatic rings. The van der Waals surface area contributed by atoms with E-state index in [4.69, 9.17) is 4.74 Å². The molecule has 2 aliphatic rings. The Morgan fingerprint density at radius 3 is 2.80 bits per heavy atom. The third kappa shape index (κ3) is 3.50. The maximum atomic E-state index is 12.0. The molecule has 1 saturated heterocycles. The Kier molecular flexibility index (Phi) is 4.63. The largest absolute Gasteiger partial charge is 0.368 e. The molecular weight excluding hydrogens is 380 g/mol. The molecule has 0 radical (unpaired) electrons. The molecule has 0 unspecified atom stereocenters. The van der Waals surface area contributed by atoms with Gasteiger partial charge in [0.1, 0.15) is 0 Å². The highest BCUT2D eigenvalue weighted by Gasteiger charge is 2.40. The van der Waals surface area contributed by atoms with E-state index in [-0.39, 0.29) is 17.4 Å². The maximum Gasteiger partial charge on any atom is 0.228 e. The minimum atomic E-state index is -0.0497. The molecule has 8 heteroatoms. The summed E-state index contributed by atoms with van der Waals surface area (Å²) in [5, 5.41) is 11.9. The van der Waals surface area contributed by atoms with Gasteiger partial charge in [-0.3, -0.25) is 9.48 Å². The molecule has 0 atom stereocenters. The average Bonchev–Trinajstić information content (AvgIpc) is 3.39. The van der Waals surface area contributed by atoms with Gasteiger partial charge in [0.15, 0.2) is 5.82 Å². The minimum absolute atomic E-state index is 0.0497. The van der Waals surface area contributed by atoms with Gasteiger partial charge in [0.05, 0.1) is 29.6 Å². The molecule has 0 bridgehead atoms. The van der Waals surface area contributed by atoms with Gasteiger partial charge in [-0.25, -0.2) is 4.52 Å². The molecule has 1 amide bonds. The second-order valence-electron chi connectivity index (χ2n) is 8.72. The van der Waals surface area contributed by atoms with E-state index in [1.54, 1.807) is 4.52 Å². The minimum Gasteiger partial charge on any atom is -0.368 e. The predicted molar refractivity (Wildman–Crippen MR) is 114 cm³/mol. The number of ether oxygens (including phenoxy) is 1. The Morgan fingerprint density at radius 1 is 1.30 bits per heavy atom. The first-order valence-electron chi connectivity index (χ1n) is 10.6. The number of hydrogen-bond acceptors (Lipinski definition) is 5. The first-order chi connectivity index (χ1) is 14.5. The van der Waals surface area contributed by atoms with E-state index < -0.39 is 0 Å². The fourth-order valence-electron chi connectivity index (χ4n) is 4.32. The van der Waals surface area contributed by atoms with Gasteiger partial charge >= 0.3 is 0 Å². The standard InChI is InChI=1S/C22H28N6O2/c1-4-22(13-26(2)14-22)30-12-17-11-23-27(3)20(17)16-7-8-28-18(9-16)10-19(25-28)24-21(29)15-5-6-15/h7-11,15H,4-6,12-14H2,1-3H3,(H,24,25,29). The Labute approximate surface area is 175 Å². The summed E-state index contributed by atoms with van der Waals surface area (Å²) in [4.78, 5) is 14.3. The van der Waals surface area contributed by atoms with Crippen LogP contribution in [0, 0.1) is 5.92 Å². The highest BCUT2D eigenvalue weighted by molar-refractivity contribution is 5.93. The van der Waals surface area contributed by atoms with E-state index in [9.17, 15) is 4.79 Å². The van der Waals surface area contributed by atoms with E-state index in [0.717, 1.165) is 54.7 Å². The molecule has 1 N–H and O–H groups in total. The molecule has 30 heavy (non-hydrogen) atoms. The molecule has 0 spiro atoms. The normalized spacial score (nSPS) is 18.5. The smallest absolute Gasteiger partial charge is 0.228 e. The zero-order valence-electron chi connectivity index (χ0n) is 17.8. The fourth-order valence-corrected chi connectivity index (χ4v) is 4.32. The van der Waals surface area contributed by atoms with Crippen molar-refractivity contribution in [1.82, 2.24) is 24.3 Å². The number of rotatable bonds is 7. The van der Waals surface area contributed by atoms with Crippen LogP contribution in [0.2, 0.25) is 0 Å². The number of likely N-dealkylation sites (tertiary alicyclic amines) is 1. The Hall–Kier alpha value is -2.71. The van der Waals surface area contributed by atoms with Crippen molar-refractivity contribution in [3.63, 3.8) is 0 Å². The van der Waals surface area contributed by atoms with Crippen LogP contribution in [0.3, 0.4) is 0 Å². The first kappa shape index (κ1) is 19.3. The monoisotopic (exact) mass is 408 g/mol. The van der Waals surface area contributed by atoms with Gasteiger partial charge in [-0.05, 0) is 38.4 Å². The van der Waals surface area contributed by atoms with Crippen LogP contribution in [-0.4, -0.2) is 55.9 Å². The number of fused-ring (bicyclic) bond motifs is 1. The first-order valence-corrected chi connectivity index (χ1v) is 10.6. The van der Waals surface area contributed by atoms with Crippen molar-refractivity contribution in [2.24, 2.45) is 13.0 Å². The number of amides is 1. The number of likely N-dealkylation sites (N-methyl/N-ethyl adjacent to an activating group) is 1. The summed E-state index contributed by atoms with van der Waals surface area (Å²) >= 11 is 0. The predicted octanol–water partition coefficient (Wildman–Crippen LogP) is 2.69. The highest BCUT2D eigenvalue weighted by Crippen LogP contribution is 2.32. The highest BCUT2D eigenvalue weighted by atomic mass is 16.5. The second kappa shape index (κ2) is 7.21. The summed E-state index contributed by atoms with van der Waals surface area (Å²) in [7, 11) is 4.07. The van der Waals surface area contributed by atoms with Crippen LogP contribution in [0.25, 0.3) is 16.8 Å². The molecule has 1 aliphatic heterocycles. The van der Waals surface area contributed by atoms with Crippen molar-refractivity contribution in [1.29, 1.82) is 0 Å². The van der Waals surface area contributed by atoms with Crippen molar-refractivity contribution >= 4 is 17.2 Å². The molecule has 0 aromatic carbocycles. The van der Waals surface area contributed by atoms with E-state index >= 15 is 0 Å². The van der Waals surface area contributed by atoms with Crippen LogP contribution in [0.5, 0.6) is 0 Å². The summed E-state index contributed by atoms with van der Waals surface area (Å²) in [5.74, 6) is 0.817. The number of anilines is 1. The summed E-state index contributed by atoms with van der Waals surface area (Å²) < 4.78 is 10.0. The number of nitrogens with zero attached hydrogens (tertiary/aromatic N) is 5. The molecule has 2 fully saturated rings. The third-order valence-electron chi connectivity index (χ3n) is 6.25. The fraction of sp³-hybridized carbons (Fsp3) is 0.500. The summed E-state index contributed by atoms with van der Waals surface area (Å²) in [6.45, 7) is 4.66. The zero-order valence-corrected chi connectivity index (χ0v) is 17.8. The maximum absolute atomic E-state index is 12.0. The Bertz CT molecular complexity index is 1090. The van der Waals surface area contributed by atoms with Gasteiger partial charge in [-0.15, -0.1) is 0 Å². The van der Waals surface area contributed by atoms with Crippen LogP contribution in [0.15, 0.2) is 30.6 Å². The Morgan fingerprint density at radius 2 is 2.10 bits per heavy atom. The number of aromatic nitrogens is 4. The molecule has 3 aromatic heterocycles. The lowest BCUT2D eigenvalue weighted by Crippen LogP contribution is -2.61. The molecule has 5 rings (SSSR count). The van der Waals surface area contributed by atoms with E-state index in [0.29, 0.717) is 12.4 Å². The van der Waals surface area contributed by atoms with E-state index in [1.807, 2.05) is 36.3 Å². The quantitative estimate of drug-likeness (QED) is 0.651. The van der Waals surface area contributed by atoms with Gasteiger partial charge in [0.25, 0.3) is 0 Å². The van der Waals surface area contributed by atoms with Gasteiger partial charge in [-0.2, -0.15) is 10.2 Å². The van der Waals surface area contributed by atoms with Crippen molar-refractivity contribution in [3.05, 3.63) is 36.2 Å². The number of pyridine rings is 1. The second-order valence-corrected chi connectivity index (χ2v) is 8.72. The van der Waals surface area contributed by atoms with Crippen LogP contribution in [0.4, 0.5) is 5.82 Å². The summed E-state index contributed by atoms with van der Waals surface area (Å²) in [5.41, 5.74) is 4.05. The van der Waals surface area contributed by atoms with E-state index in [2.05, 4.69) is 40.5 Å². The summed E-state index contributed by atoms with van der Waals surface area (Å²) in [6.07, 6.45) is 6.77. The molecule has 158 valence electrons. The van der Waals surface area contributed by atoms with Crippen LogP contribution >= 0.6 is 0 Å². The summed E-state index contributed by atoms with van der Waals surface area (Å²) in [6, 6.07) is 6.01. The Balaban J connectivity index is 1.38. The lowest BCUT2D eigenvalue weighted by atomic mass is 9.91. The number of carbonyl (C=O) groups excluding carboxylic acids is 1. The van der Waals surface area contributed by atoms with Crippen molar-refractivity contribution in [2.45, 2.75) is 38.4 Å². The number of carbonyl (C=O) groups is 1.